The van der Waals surface area contributed by atoms with Crippen LogP contribution < -0.4 is 10.6 Å². The Balaban J connectivity index is 1.43. The SMILES string of the molecule is O=C(CNC(=O)c1ccc(-c2ccccc2)cc1)NCCc1ccc(F)c(Br)c1. The van der Waals surface area contributed by atoms with Crippen LogP contribution in [-0.4, -0.2) is 24.9 Å². The van der Waals surface area contributed by atoms with E-state index in [-0.39, 0.29) is 24.2 Å². The second kappa shape index (κ2) is 9.98. The second-order valence-corrected chi connectivity index (χ2v) is 7.33. The second-order valence-electron chi connectivity index (χ2n) is 6.47. The summed E-state index contributed by atoms with van der Waals surface area (Å²) in [6.07, 6.45) is 0.569. The van der Waals surface area contributed by atoms with Gasteiger partial charge >= 0.3 is 0 Å². The van der Waals surface area contributed by atoms with Crippen molar-refractivity contribution >= 4 is 27.7 Å². The number of nitrogens with one attached hydrogen (secondary N) is 2. The Kier molecular flexibility index (Phi) is 7.14. The molecule has 3 rings (SSSR count). The van der Waals surface area contributed by atoms with Gasteiger partial charge in [0.1, 0.15) is 5.82 Å². The molecule has 2 N–H and O–H groups in total. The fourth-order valence-electron chi connectivity index (χ4n) is 2.81. The molecule has 2 amide bonds. The topological polar surface area (TPSA) is 58.2 Å². The Morgan fingerprint density at radius 1 is 0.862 bits per heavy atom. The lowest BCUT2D eigenvalue weighted by atomic mass is 10.0. The van der Waals surface area contributed by atoms with Gasteiger partial charge in [0, 0.05) is 12.1 Å². The van der Waals surface area contributed by atoms with Gasteiger partial charge in [-0.1, -0.05) is 48.5 Å². The zero-order valence-corrected chi connectivity index (χ0v) is 17.2. The molecular weight excluding hydrogens is 435 g/mol. The van der Waals surface area contributed by atoms with Crippen LogP contribution in [0.15, 0.2) is 77.3 Å². The molecule has 0 saturated heterocycles. The average molecular weight is 455 g/mol. The van der Waals surface area contributed by atoms with Gasteiger partial charge in [0.25, 0.3) is 5.91 Å². The lowest BCUT2D eigenvalue weighted by molar-refractivity contribution is -0.120. The maximum absolute atomic E-state index is 13.2. The molecule has 4 nitrogen and oxygen atoms in total. The maximum Gasteiger partial charge on any atom is 0.251 e. The van der Waals surface area contributed by atoms with E-state index in [1.807, 2.05) is 42.5 Å². The van der Waals surface area contributed by atoms with E-state index in [1.54, 1.807) is 24.3 Å². The summed E-state index contributed by atoms with van der Waals surface area (Å²) in [4.78, 5) is 24.2. The van der Waals surface area contributed by atoms with Crippen molar-refractivity contribution < 1.29 is 14.0 Å². The largest absolute Gasteiger partial charge is 0.354 e. The van der Waals surface area contributed by atoms with E-state index in [4.69, 9.17) is 0 Å². The predicted molar refractivity (Wildman–Crippen MR) is 115 cm³/mol. The zero-order chi connectivity index (χ0) is 20.6. The fourth-order valence-corrected chi connectivity index (χ4v) is 3.24. The summed E-state index contributed by atoms with van der Waals surface area (Å²) < 4.78 is 13.6. The van der Waals surface area contributed by atoms with Crippen molar-refractivity contribution in [2.24, 2.45) is 0 Å². The van der Waals surface area contributed by atoms with Crippen molar-refractivity contribution in [3.63, 3.8) is 0 Å². The highest BCUT2D eigenvalue weighted by atomic mass is 79.9. The van der Waals surface area contributed by atoms with Crippen LogP contribution >= 0.6 is 15.9 Å². The molecule has 3 aromatic carbocycles. The van der Waals surface area contributed by atoms with E-state index in [2.05, 4.69) is 26.6 Å². The monoisotopic (exact) mass is 454 g/mol. The summed E-state index contributed by atoms with van der Waals surface area (Å²) in [6.45, 7) is 0.297. The van der Waals surface area contributed by atoms with Crippen molar-refractivity contribution in [1.29, 1.82) is 0 Å². The van der Waals surface area contributed by atoms with E-state index in [1.165, 1.54) is 6.07 Å². The predicted octanol–water partition coefficient (Wildman–Crippen LogP) is 4.34. The Morgan fingerprint density at radius 3 is 2.24 bits per heavy atom. The lowest BCUT2D eigenvalue weighted by Gasteiger charge is -2.08. The van der Waals surface area contributed by atoms with Crippen LogP contribution in [0.4, 0.5) is 4.39 Å². The molecule has 0 aliphatic heterocycles. The van der Waals surface area contributed by atoms with Crippen molar-refractivity contribution in [3.05, 3.63) is 94.2 Å². The first kappa shape index (κ1) is 20.7. The molecule has 0 aromatic heterocycles. The maximum atomic E-state index is 13.2. The Labute approximate surface area is 177 Å². The third kappa shape index (κ3) is 5.99. The highest BCUT2D eigenvalue weighted by Crippen LogP contribution is 2.19. The van der Waals surface area contributed by atoms with Gasteiger partial charge in [-0.3, -0.25) is 9.59 Å². The molecule has 0 aliphatic rings. The van der Waals surface area contributed by atoms with Crippen molar-refractivity contribution in [1.82, 2.24) is 10.6 Å². The first-order valence-corrected chi connectivity index (χ1v) is 9.96. The molecule has 0 bridgehead atoms. The van der Waals surface area contributed by atoms with E-state index < -0.39 is 0 Å². The number of carbonyl (C=O) groups is 2. The number of hydrogen-bond donors (Lipinski definition) is 2. The molecule has 0 atom stereocenters. The molecule has 0 spiro atoms. The van der Waals surface area contributed by atoms with E-state index in [9.17, 15) is 14.0 Å². The van der Waals surface area contributed by atoms with Crippen LogP contribution in [0.5, 0.6) is 0 Å². The Bertz CT molecular complexity index is 992. The van der Waals surface area contributed by atoms with Gasteiger partial charge in [0.2, 0.25) is 5.91 Å². The quantitative estimate of drug-likeness (QED) is 0.557. The molecule has 0 radical (unpaired) electrons. The molecule has 0 unspecified atom stereocenters. The minimum absolute atomic E-state index is 0.105. The van der Waals surface area contributed by atoms with Crippen molar-refractivity contribution in [3.8, 4) is 11.1 Å². The molecule has 0 aliphatic carbocycles. The molecule has 0 fully saturated rings. The number of benzene rings is 3. The van der Waals surface area contributed by atoms with Gasteiger partial charge in [0.15, 0.2) is 0 Å². The number of amides is 2. The van der Waals surface area contributed by atoms with Gasteiger partial charge in [0.05, 0.1) is 11.0 Å². The summed E-state index contributed by atoms with van der Waals surface area (Å²) in [5.41, 5.74) is 3.49. The number of carbonyl (C=O) groups excluding carboxylic acids is 2. The Hall–Kier alpha value is -2.99. The van der Waals surface area contributed by atoms with Crippen LogP contribution in [0.25, 0.3) is 11.1 Å². The fraction of sp³-hybridized carbons (Fsp3) is 0.130. The van der Waals surface area contributed by atoms with Crippen molar-refractivity contribution in [2.45, 2.75) is 6.42 Å². The molecular formula is C23H20BrFN2O2. The van der Waals surface area contributed by atoms with E-state index in [0.29, 0.717) is 23.0 Å². The first-order chi connectivity index (χ1) is 14.0. The molecule has 3 aromatic rings. The Morgan fingerprint density at radius 2 is 1.55 bits per heavy atom. The summed E-state index contributed by atoms with van der Waals surface area (Å²) in [6, 6.07) is 21.9. The van der Waals surface area contributed by atoms with Crippen LogP contribution in [-0.2, 0) is 11.2 Å². The van der Waals surface area contributed by atoms with Crippen LogP contribution in [0.1, 0.15) is 15.9 Å². The zero-order valence-electron chi connectivity index (χ0n) is 15.6. The van der Waals surface area contributed by atoms with Crippen molar-refractivity contribution in [2.75, 3.05) is 13.1 Å². The van der Waals surface area contributed by atoms with Gasteiger partial charge in [-0.15, -0.1) is 0 Å². The van der Waals surface area contributed by atoms with Gasteiger partial charge in [-0.2, -0.15) is 0 Å². The van der Waals surface area contributed by atoms with E-state index >= 15 is 0 Å². The standard InChI is InChI=1S/C23H20BrFN2O2/c24-20-14-16(6-11-21(20)25)12-13-26-22(28)15-27-23(29)19-9-7-18(8-10-19)17-4-2-1-3-5-17/h1-11,14H,12-13,15H2,(H,26,28)(H,27,29). The lowest BCUT2D eigenvalue weighted by Crippen LogP contribution is -2.37. The number of halogens is 2. The van der Waals surface area contributed by atoms with Gasteiger partial charge in [-0.25, -0.2) is 4.39 Å². The van der Waals surface area contributed by atoms with Crippen LogP contribution in [0.2, 0.25) is 0 Å². The summed E-state index contributed by atoms with van der Waals surface area (Å²) in [7, 11) is 0. The number of rotatable bonds is 7. The van der Waals surface area contributed by atoms with E-state index in [0.717, 1.165) is 16.7 Å². The van der Waals surface area contributed by atoms with Crippen LogP contribution in [0.3, 0.4) is 0 Å². The summed E-state index contributed by atoms with van der Waals surface area (Å²) in [5, 5.41) is 5.36. The summed E-state index contributed by atoms with van der Waals surface area (Å²) >= 11 is 3.14. The third-order valence-corrected chi connectivity index (χ3v) is 4.99. The number of hydrogen-bond acceptors (Lipinski definition) is 2. The molecule has 148 valence electrons. The molecule has 29 heavy (non-hydrogen) atoms. The molecule has 0 heterocycles. The molecule has 0 saturated carbocycles. The highest BCUT2D eigenvalue weighted by molar-refractivity contribution is 9.10. The van der Waals surface area contributed by atoms with Gasteiger partial charge in [-0.05, 0) is 63.3 Å². The smallest absolute Gasteiger partial charge is 0.251 e. The molecule has 6 heteroatoms. The summed E-state index contributed by atoms with van der Waals surface area (Å²) in [5.74, 6) is -0.903. The minimum Gasteiger partial charge on any atom is -0.354 e. The van der Waals surface area contributed by atoms with Crippen LogP contribution in [0, 0.1) is 5.82 Å². The van der Waals surface area contributed by atoms with Gasteiger partial charge < -0.3 is 10.6 Å². The highest BCUT2D eigenvalue weighted by Gasteiger charge is 2.08. The third-order valence-electron chi connectivity index (χ3n) is 4.38. The normalized spacial score (nSPS) is 10.4. The average Bonchev–Trinajstić information content (AvgIpc) is 2.75. The first-order valence-electron chi connectivity index (χ1n) is 9.17. The minimum atomic E-state index is -0.322.